The van der Waals surface area contributed by atoms with Gasteiger partial charge in [0.2, 0.25) is 11.5 Å². The molecular formula is C10H12O3. The van der Waals surface area contributed by atoms with Gasteiger partial charge in [0.05, 0.1) is 6.61 Å². The summed E-state index contributed by atoms with van der Waals surface area (Å²) < 4.78 is 10.5. The fraction of sp³-hybridized carbons (Fsp3) is 0.400. The van der Waals surface area contributed by atoms with Crippen LogP contribution in [0, 0.1) is 0 Å². The van der Waals surface area contributed by atoms with E-state index in [9.17, 15) is 5.11 Å². The summed E-state index contributed by atoms with van der Waals surface area (Å²) >= 11 is 0. The fourth-order valence-corrected chi connectivity index (χ4v) is 1.15. The van der Waals surface area contributed by atoms with Crippen molar-refractivity contribution in [1.82, 2.24) is 0 Å². The molecule has 0 radical (unpaired) electrons. The van der Waals surface area contributed by atoms with E-state index in [1.165, 1.54) is 0 Å². The van der Waals surface area contributed by atoms with Gasteiger partial charge in [0.1, 0.15) is 0 Å². The predicted molar refractivity (Wildman–Crippen MR) is 48.6 cm³/mol. The molecule has 1 aromatic carbocycles. The van der Waals surface area contributed by atoms with Gasteiger partial charge in [-0.05, 0) is 18.6 Å². The van der Waals surface area contributed by atoms with E-state index in [2.05, 4.69) is 6.92 Å². The fourth-order valence-electron chi connectivity index (χ4n) is 1.15. The van der Waals surface area contributed by atoms with Crippen molar-refractivity contribution in [3.63, 3.8) is 0 Å². The van der Waals surface area contributed by atoms with Gasteiger partial charge in [0.25, 0.3) is 0 Å². The Bertz CT molecular complexity index is 320. The molecule has 0 saturated heterocycles. The molecule has 3 heteroatoms. The van der Waals surface area contributed by atoms with Crippen LogP contribution >= 0.6 is 0 Å². The summed E-state index contributed by atoms with van der Waals surface area (Å²) in [7, 11) is 0. The normalized spacial score (nSPS) is 11.8. The van der Waals surface area contributed by atoms with Crippen LogP contribution in [0.15, 0.2) is 12.1 Å². The Labute approximate surface area is 76.9 Å². The molecule has 1 aromatic rings. The van der Waals surface area contributed by atoms with Crippen molar-refractivity contribution in [2.75, 3.05) is 6.61 Å². The largest absolute Gasteiger partial charge is 0.504 e. The predicted octanol–water partition coefficient (Wildman–Crippen LogP) is 2.68. The highest BCUT2D eigenvalue weighted by Gasteiger charge is 2.30. The molecule has 0 aromatic heterocycles. The second kappa shape index (κ2) is 3.17. The first-order valence-corrected chi connectivity index (χ1v) is 4.49. The van der Waals surface area contributed by atoms with Crippen molar-refractivity contribution in [3.8, 4) is 23.0 Å². The Hall–Kier alpha value is -1.38. The highest BCUT2D eigenvalue weighted by molar-refractivity contribution is 5.69. The number of fused-ring (bicyclic) bond motifs is 1. The summed E-state index contributed by atoms with van der Waals surface area (Å²) in [5, 5.41) is 9.19. The lowest BCUT2D eigenvalue weighted by Gasteiger charge is -2.01. The third kappa shape index (κ3) is 1.54. The molecule has 0 bridgehead atoms. The van der Waals surface area contributed by atoms with Crippen LogP contribution in [0.2, 0.25) is 0 Å². The maximum Gasteiger partial charge on any atom is 0.216 e. The van der Waals surface area contributed by atoms with Crippen LogP contribution in [0.25, 0.3) is 0 Å². The van der Waals surface area contributed by atoms with Crippen molar-refractivity contribution in [2.45, 2.75) is 19.8 Å². The number of rotatable bonds is 4. The highest BCUT2D eigenvalue weighted by Crippen LogP contribution is 2.57. The van der Waals surface area contributed by atoms with E-state index in [4.69, 9.17) is 9.47 Å². The molecule has 0 fully saturated rings. The molecule has 0 atom stereocenters. The number of phenolic OH excluding ortho intramolecular Hbond substituents is 1. The van der Waals surface area contributed by atoms with E-state index in [-0.39, 0.29) is 5.75 Å². The number of benzene rings is 1. The molecule has 2 rings (SSSR count). The summed E-state index contributed by atoms with van der Waals surface area (Å²) in [5.41, 5.74) is 0. The van der Waals surface area contributed by atoms with Crippen molar-refractivity contribution in [3.05, 3.63) is 12.1 Å². The summed E-state index contributed by atoms with van der Waals surface area (Å²) in [6, 6.07) is 3.32. The third-order valence-corrected chi connectivity index (χ3v) is 1.97. The monoisotopic (exact) mass is 180 g/mol. The molecule has 70 valence electrons. The van der Waals surface area contributed by atoms with E-state index < -0.39 is 0 Å². The molecule has 1 aliphatic rings. The van der Waals surface area contributed by atoms with Gasteiger partial charge >= 0.3 is 0 Å². The lowest BCUT2D eigenvalue weighted by Crippen LogP contribution is -1.94. The third-order valence-electron chi connectivity index (χ3n) is 1.97. The van der Waals surface area contributed by atoms with E-state index in [1.54, 1.807) is 12.1 Å². The molecule has 0 spiro atoms. The minimum absolute atomic E-state index is 0.192. The molecule has 1 N–H and O–H groups in total. The zero-order valence-corrected chi connectivity index (χ0v) is 7.54. The summed E-state index contributed by atoms with van der Waals surface area (Å²) in [6.45, 7) is 2.82. The smallest absolute Gasteiger partial charge is 0.216 e. The van der Waals surface area contributed by atoms with Gasteiger partial charge in [-0.3, -0.25) is 0 Å². The molecule has 0 aliphatic carbocycles. The van der Waals surface area contributed by atoms with Gasteiger partial charge in [-0.2, -0.15) is 0 Å². The molecule has 1 aliphatic heterocycles. The second-order valence-corrected chi connectivity index (χ2v) is 3.05. The van der Waals surface area contributed by atoms with Crippen molar-refractivity contribution < 1.29 is 14.6 Å². The summed E-state index contributed by atoms with van der Waals surface area (Å²) in [5.74, 6) is 2.18. The number of aromatic hydroxyl groups is 1. The molecule has 3 nitrogen and oxygen atoms in total. The van der Waals surface area contributed by atoms with E-state index in [1.807, 2.05) is 0 Å². The Morgan fingerprint density at radius 1 is 1.38 bits per heavy atom. The van der Waals surface area contributed by atoms with E-state index >= 15 is 0 Å². The van der Waals surface area contributed by atoms with Crippen molar-refractivity contribution in [1.29, 1.82) is 0 Å². The quantitative estimate of drug-likeness (QED) is 0.581. The van der Waals surface area contributed by atoms with Crippen LogP contribution in [0.5, 0.6) is 23.0 Å². The molecule has 0 amide bonds. The number of hydrogen-bond acceptors (Lipinski definition) is 3. The van der Waals surface area contributed by atoms with Crippen LogP contribution in [0.1, 0.15) is 19.8 Å². The molecule has 0 unspecified atom stereocenters. The first kappa shape index (κ1) is 8.23. The number of hydrogen-bond donors (Lipinski definition) is 1. The SMILES string of the molecule is CCCCOc1ccc(O)c2c1O2. The van der Waals surface area contributed by atoms with Gasteiger partial charge in [-0.1, -0.05) is 13.3 Å². The molecule has 0 saturated carbocycles. The van der Waals surface area contributed by atoms with E-state index in [0.717, 1.165) is 18.6 Å². The summed E-state index contributed by atoms with van der Waals surface area (Å²) in [4.78, 5) is 0. The van der Waals surface area contributed by atoms with Crippen LogP contribution < -0.4 is 9.47 Å². The first-order chi connectivity index (χ1) is 6.33. The average molecular weight is 180 g/mol. The minimum Gasteiger partial charge on any atom is -0.504 e. The average Bonchev–Trinajstić information content (AvgIpc) is 2.89. The number of phenols is 1. The standard InChI is InChI=1S/C10H12O3/c1-2-3-6-12-8-5-4-7(11)9-10(8)13-9/h4-5,11H,2-3,6H2,1H3. The number of ether oxygens (including phenoxy) is 2. The Kier molecular flexibility index (Phi) is 2.00. The number of unbranched alkanes of at least 4 members (excludes halogenated alkanes) is 1. The zero-order valence-electron chi connectivity index (χ0n) is 7.54. The van der Waals surface area contributed by atoms with Gasteiger partial charge in [-0.15, -0.1) is 0 Å². The van der Waals surface area contributed by atoms with Gasteiger partial charge in [0, 0.05) is 0 Å². The molecular weight excluding hydrogens is 168 g/mol. The maximum absolute atomic E-state index is 9.19. The van der Waals surface area contributed by atoms with Crippen molar-refractivity contribution >= 4 is 0 Å². The topological polar surface area (TPSA) is 42.0 Å². The molecule has 13 heavy (non-hydrogen) atoms. The van der Waals surface area contributed by atoms with Gasteiger partial charge < -0.3 is 14.6 Å². The lowest BCUT2D eigenvalue weighted by molar-refractivity contribution is 0.306. The maximum atomic E-state index is 9.19. The summed E-state index contributed by atoms with van der Waals surface area (Å²) in [6.07, 6.45) is 2.15. The first-order valence-electron chi connectivity index (χ1n) is 4.49. The second-order valence-electron chi connectivity index (χ2n) is 3.05. The highest BCUT2D eigenvalue weighted by atomic mass is 16.6. The van der Waals surface area contributed by atoms with Crippen LogP contribution in [-0.2, 0) is 0 Å². The minimum atomic E-state index is 0.192. The van der Waals surface area contributed by atoms with Crippen LogP contribution in [-0.4, -0.2) is 11.7 Å². The lowest BCUT2D eigenvalue weighted by atomic mass is 10.3. The van der Waals surface area contributed by atoms with E-state index in [0.29, 0.717) is 18.1 Å². The molecule has 1 heterocycles. The van der Waals surface area contributed by atoms with Gasteiger partial charge in [0.15, 0.2) is 11.5 Å². The Morgan fingerprint density at radius 3 is 3.00 bits per heavy atom. The van der Waals surface area contributed by atoms with Crippen LogP contribution in [0.3, 0.4) is 0 Å². The van der Waals surface area contributed by atoms with Crippen LogP contribution in [0.4, 0.5) is 0 Å². The van der Waals surface area contributed by atoms with Crippen molar-refractivity contribution in [2.24, 2.45) is 0 Å². The Morgan fingerprint density at radius 2 is 2.23 bits per heavy atom. The van der Waals surface area contributed by atoms with Gasteiger partial charge in [-0.25, -0.2) is 0 Å². The zero-order chi connectivity index (χ0) is 9.26. The Balaban J connectivity index is 2.00.